The molecular formula is C12H15N2O3PS. The van der Waals surface area contributed by atoms with E-state index in [1.54, 1.807) is 12.1 Å². The average molecular weight is 298 g/mol. The van der Waals surface area contributed by atoms with Gasteiger partial charge in [-0.1, -0.05) is 25.5 Å². The van der Waals surface area contributed by atoms with Crippen LogP contribution in [0.5, 0.6) is 0 Å². The molecule has 19 heavy (non-hydrogen) atoms. The van der Waals surface area contributed by atoms with E-state index in [1.807, 2.05) is 0 Å². The minimum atomic E-state index is -4.24. The molecule has 7 heteroatoms. The lowest BCUT2D eigenvalue weighted by Gasteiger charge is -2.06. The number of nitrogens with zero attached hydrogens (tertiary/aromatic N) is 1. The molecule has 0 spiro atoms. The molecule has 1 aromatic carbocycles. The maximum atomic E-state index is 11.3. The van der Waals surface area contributed by atoms with Crippen LogP contribution in [-0.2, 0) is 11.0 Å². The van der Waals surface area contributed by atoms with E-state index in [1.165, 1.54) is 23.5 Å². The van der Waals surface area contributed by atoms with Crippen LogP contribution in [0.1, 0.15) is 18.2 Å². The summed E-state index contributed by atoms with van der Waals surface area (Å²) < 4.78 is 11.3. The summed E-state index contributed by atoms with van der Waals surface area (Å²) in [6.07, 6.45) is 1.82. The van der Waals surface area contributed by atoms with Gasteiger partial charge in [0, 0.05) is 10.4 Å². The molecule has 0 bridgehead atoms. The molecule has 0 saturated heterocycles. The molecule has 5 nitrogen and oxygen atoms in total. The molecule has 102 valence electrons. The number of nitrogen functional groups attached to an aromatic ring is 1. The third-order valence-electron chi connectivity index (χ3n) is 2.65. The minimum Gasteiger partial charge on any atom is -0.375 e. The fourth-order valence-electron chi connectivity index (χ4n) is 1.83. The highest BCUT2D eigenvalue weighted by molar-refractivity contribution is 7.60. The lowest BCUT2D eigenvalue weighted by molar-refractivity contribution is 0.387. The normalized spacial score (nSPS) is 11.7. The second-order valence-corrected chi connectivity index (χ2v) is 6.89. The van der Waals surface area contributed by atoms with E-state index in [9.17, 15) is 14.4 Å². The van der Waals surface area contributed by atoms with Crippen molar-refractivity contribution in [1.82, 2.24) is 4.98 Å². The quantitative estimate of drug-likeness (QED) is 0.751. The van der Waals surface area contributed by atoms with Gasteiger partial charge in [0.05, 0.1) is 11.0 Å². The smallest absolute Gasteiger partial charge is 0.356 e. The van der Waals surface area contributed by atoms with E-state index < -0.39 is 7.60 Å². The molecule has 4 N–H and O–H groups in total. The molecule has 0 fully saturated rings. The standard InChI is InChI=1S/C12H15N2O3PS/c1-2-4-10-11(14-12(13)19-10)8-5-3-6-9(7-8)18(15,16)17/h3,5-7H,2,4H2,1H3,(H2,13,14)(H2,15,16,17). The number of hydrogen-bond acceptors (Lipinski definition) is 4. The Balaban J connectivity index is 2.50. The predicted molar refractivity (Wildman–Crippen MR) is 77.6 cm³/mol. The molecule has 1 heterocycles. The third-order valence-corrected chi connectivity index (χ3v) is 4.54. The lowest BCUT2D eigenvalue weighted by atomic mass is 10.1. The van der Waals surface area contributed by atoms with Crippen molar-refractivity contribution in [1.29, 1.82) is 0 Å². The zero-order valence-electron chi connectivity index (χ0n) is 10.4. The first-order chi connectivity index (χ1) is 8.91. The van der Waals surface area contributed by atoms with Gasteiger partial charge in [-0.15, -0.1) is 11.3 Å². The topological polar surface area (TPSA) is 96.4 Å². The number of nitrogens with two attached hydrogens (primary N) is 1. The van der Waals surface area contributed by atoms with Crippen molar-refractivity contribution in [2.45, 2.75) is 19.8 Å². The Kier molecular flexibility index (Phi) is 4.06. The van der Waals surface area contributed by atoms with Crippen molar-refractivity contribution >= 4 is 29.4 Å². The van der Waals surface area contributed by atoms with Crippen LogP contribution in [0.2, 0.25) is 0 Å². The summed E-state index contributed by atoms with van der Waals surface area (Å²) in [6, 6.07) is 6.30. The third kappa shape index (κ3) is 3.22. The van der Waals surface area contributed by atoms with Gasteiger partial charge in [0.2, 0.25) is 0 Å². The second kappa shape index (κ2) is 5.43. The maximum absolute atomic E-state index is 11.3. The number of thiazole rings is 1. The van der Waals surface area contributed by atoms with Gasteiger partial charge in [0.15, 0.2) is 5.13 Å². The number of hydrogen-bond donors (Lipinski definition) is 3. The summed E-state index contributed by atoms with van der Waals surface area (Å²) in [5.41, 5.74) is 7.14. The fourth-order valence-corrected chi connectivity index (χ4v) is 3.37. The zero-order valence-corrected chi connectivity index (χ0v) is 12.1. The Labute approximate surface area is 115 Å². The Morgan fingerprint density at radius 2 is 2.16 bits per heavy atom. The molecule has 0 aliphatic rings. The van der Waals surface area contributed by atoms with Gasteiger partial charge in [0.1, 0.15) is 0 Å². The van der Waals surface area contributed by atoms with Crippen LogP contribution in [0, 0.1) is 0 Å². The largest absolute Gasteiger partial charge is 0.375 e. The fraction of sp³-hybridized carbons (Fsp3) is 0.250. The highest BCUT2D eigenvalue weighted by Crippen LogP contribution is 2.36. The van der Waals surface area contributed by atoms with Gasteiger partial charge in [-0.2, -0.15) is 0 Å². The van der Waals surface area contributed by atoms with E-state index in [0.717, 1.165) is 23.4 Å². The van der Waals surface area contributed by atoms with Crippen LogP contribution in [0.3, 0.4) is 0 Å². The van der Waals surface area contributed by atoms with Crippen LogP contribution < -0.4 is 11.0 Å². The summed E-state index contributed by atoms with van der Waals surface area (Å²) in [4.78, 5) is 23.7. The Morgan fingerprint density at radius 3 is 2.79 bits per heavy atom. The molecule has 0 atom stereocenters. The Bertz CT molecular complexity index is 636. The molecule has 0 amide bonds. The SMILES string of the molecule is CCCc1sc(N)nc1-c1cccc(P(=O)(O)O)c1. The van der Waals surface area contributed by atoms with Crippen molar-refractivity contribution in [3.63, 3.8) is 0 Å². The molecule has 0 aliphatic carbocycles. The van der Waals surface area contributed by atoms with Crippen LogP contribution in [0.25, 0.3) is 11.3 Å². The van der Waals surface area contributed by atoms with Crippen LogP contribution in [0.15, 0.2) is 24.3 Å². The molecule has 0 aliphatic heterocycles. The maximum Gasteiger partial charge on any atom is 0.356 e. The van der Waals surface area contributed by atoms with Crippen molar-refractivity contribution < 1.29 is 14.4 Å². The zero-order chi connectivity index (χ0) is 14.0. The Morgan fingerprint density at radius 1 is 1.42 bits per heavy atom. The van der Waals surface area contributed by atoms with Crippen molar-refractivity contribution in [2.24, 2.45) is 0 Å². The van der Waals surface area contributed by atoms with Crippen LogP contribution in [-0.4, -0.2) is 14.8 Å². The van der Waals surface area contributed by atoms with Crippen molar-refractivity contribution in [3.8, 4) is 11.3 Å². The van der Waals surface area contributed by atoms with Gasteiger partial charge < -0.3 is 15.5 Å². The monoisotopic (exact) mass is 298 g/mol. The van der Waals surface area contributed by atoms with E-state index in [-0.39, 0.29) is 5.30 Å². The van der Waals surface area contributed by atoms with Crippen molar-refractivity contribution in [2.75, 3.05) is 5.73 Å². The van der Waals surface area contributed by atoms with E-state index in [4.69, 9.17) is 5.73 Å². The highest BCUT2D eigenvalue weighted by Gasteiger charge is 2.19. The lowest BCUT2D eigenvalue weighted by Crippen LogP contribution is -2.03. The molecule has 0 unspecified atom stereocenters. The number of anilines is 1. The molecule has 2 aromatic rings. The minimum absolute atomic E-state index is 0.000908. The van der Waals surface area contributed by atoms with Gasteiger partial charge in [-0.3, -0.25) is 4.57 Å². The molecule has 0 saturated carbocycles. The summed E-state index contributed by atoms with van der Waals surface area (Å²) in [7, 11) is -4.24. The summed E-state index contributed by atoms with van der Waals surface area (Å²) in [5.74, 6) is 0. The number of benzene rings is 1. The van der Waals surface area contributed by atoms with Crippen molar-refractivity contribution in [3.05, 3.63) is 29.1 Å². The van der Waals surface area contributed by atoms with Crippen LogP contribution >= 0.6 is 18.9 Å². The summed E-state index contributed by atoms with van der Waals surface area (Å²) in [6.45, 7) is 2.06. The Hall–Kier alpha value is -1.20. The van der Waals surface area contributed by atoms with Crippen LogP contribution in [0.4, 0.5) is 5.13 Å². The van der Waals surface area contributed by atoms with Gasteiger partial charge in [-0.25, -0.2) is 4.98 Å². The highest BCUT2D eigenvalue weighted by atomic mass is 32.1. The molecule has 1 aromatic heterocycles. The number of rotatable bonds is 4. The van der Waals surface area contributed by atoms with E-state index in [0.29, 0.717) is 10.7 Å². The van der Waals surface area contributed by atoms with Gasteiger partial charge >= 0.3 is 7.60 Å². The molecular weight excluding hydrogens is 283 g/mol. The summed E-state index contributed by atoms with van der Waals surface area (Å²) >= 11 is 1.42. The van der Waals surface area contributed by atoms with E-state index in [2.05, 4.69) is 11.9 Å². The first kappa shape index (κ1) is 14.2. The summed E-state index contributed by atoms with van der Waals surface area (Å²) in [5, 5.41) is 0.471. The second-order valence-electron chi connectivity index (χ2n) is 4.17. The van der Waals surface area contributed by atoms with Gasteiger partial charge in [-0.05, 0) is 18.6 Å². The number of aromatic nitrogens is 1. The first-order valence-corrected chi connectivity index (χ1v) is 8.26. The number of aryl methyl sites for hydroxylation is 1. The van der Waals surface area contributed by atoms with E-state index >= 15 is 0 Å². The molecule has 0 radical (unpaired) electrons. The first-order valence-electron chi connectivity index (χ1n) is 5.83. The average Bonchev–Trinajstić information content (AvgIpc) is 2.70. The van der Waals surface area contributed by atoms with Gasteiger partial charge in [0.25, 0.3) is 0 Å². The molecule has 2 rings (SSSR count). The predicted octanol–water partition coefficient (Wildman–Crippen LogP) is 2.15.